The molecule has 7 nitrogen and oxygen atoms in total. The van der Waals surface area contributed by atoms with Crippen molar-refractivity contribution < 1.29 is 18.7 Å². The summed E-state index contributed by atoms with van der Waals surface area (Å²) in [6.45, 7) is 5.87. The summed E-state index contributed by atoms with van der Waals surface area (Å²) in [6, 6.07) is 10.3. The van der Waals surface area contributed by atoms with Gasteiger partial charge >= 0.3 is 0 Å². The number of aromatic nitrogens is 1. The maximum Gasteiger partial charge on any atom is 0.250 e. The summed E-state index contributed by atoms with van der Waals surface area (Å²) in [5, 5.41) is 8.49. The summed E-state index contributed by atoms with van der Waals surface area (Å²) in [5.74, 6) is 0.214. The van der Waals surface area contributed by atoms with Gasteiger partial charge in [-0.3, -0.25) is 14.9 Å². The second-order valence-electron chi connectivity index (χ2n) is 8.29. The molecule has 8 heteroatoms. The van der Waals surface area contributed by atoms with Crippen LogP contribution in [-0.2, 0) is 16.0 Å². The smallest absolute Gasteiger partial charge is 0.250 e. The second kappa shape index (κ2) is 10.1. The number of carbonyl (C=O) groups is 2. The summed E-state index contributed by atoms with van der Waals surface area (Å²) in [4.78, 5) is 28.6. The molecule has 4 rings (SSSR count). The molecule has 0 atom stereocenters. The van der Waals surface area contributed by atoms with E-state index in [0.717, 1.165) is 38.8 Å². The van der Waals surface area contributed by atoms with Gasteiger partial charge in [0.25, 0.3) is 0 Å². The first-order valence-electron chi connectivity index (χ1n) is 11.1. The zero-order valence-corrected chi connectivity index (χ0v) is 21.1. The predicted molar refractivity (Wildman–Crippen MR) is 140 cm³/mol. The molecule has 35 heavy (non-hydrogen) atoms. The number of ether oxygens (including phenoxy) is 1. The number of methoxy groups -OCH3 is 1. The van der Waals surface area contributed by atoms with Crippen molar-refractivity contribution in [3.8, 4) is 16.9 Å². The van der Waals surface area contributed by atoms with E-state index in [9.17, 15) is 9.59 Å². The van der Waals surface area contributed by atoms with Crippen molar-refractivity contribution in [2.24, 2.45) is 0 Å². The van der Waals surface area contributed by atoms with Crippen LogP contribution in [-0.4, -0.2) is 31.0 Å². The zero-order chi connectivity index (χ0) is 25.1. The number of carbonyl (C=O) groups excluding carboxylic acids is 2. The fourth-order valence-electron chi connectivity index (χ4n) is 3.94. The van der Waals surface area contributed by atoms with Gasteiger partial charge in [0.1, 0.15) is 11.3 Å². The van der Waals surface area contributed by atoms with Gasteiger partial charge in [-0.05, 0) is 38.0 Å². The SMILES string of the molecule is CNC(=O)Cc1csc(NC(=O)/C=C(\C)c2cc3c(-c4ccc(C)cc4)coc3c(C)c2OC)n1. The molecule has 0 fully saturated rings. The molecule has 2 heterocycles. The zero-order valence-electron chi connectivity index (χ0n) is 20.3. The number of nitrogens with one attached hydrogen (secondary N) is 2. The molecule has 2 amide bonds. The minimum absolute atomic E-state index is 0.133. The van der Waals surface area contributed by atoms with Crippen LogP contribution in [0, 0.1) is 13.8 Å². The lowest BCUT2D eigenvalue weighted by atomic mass is 9.96. The number of hydrogen-bond acceptors (Lipinski definition) is 6. The Morgan fingerprint density at radius 1 is 1.20 bits per heavy atom. The minimum Gasteiger partial charge on any atom is -0.496 e. The summed E-state index contributed by atoms with van der Waals surface area (Å²) in [6.07, 6.45) is 3.45. The highest BCUT2D eigenvalue weighted by Crippen LogP contribution is 2.40. The molecular formula is C27H27N3O4S. The number of hydrogen-bond donors (Lipinski definition) is 2. The molecule has 180 valence electrons. The Morgan fingerprint density at radius 3 is 2.63 bits per heavy atom. The van der Waals surface area contributed by atoms with Crippen LogP contribution in [0.3, 0.4) is 0 Å². The van der Waals surface area contributed by atoms with Crippen LogP contribution in [0.4, 0.5) is 5.13 Å². The van der Waals surface area contributed by atoms with E-state index in [1.807, 2.05) is 19.9 Å². The van der Waals surface area contributed by atoms with Gasteiger partial charge in [0, 0.05) is 40.6 Å². The van der Waals surface area contributed by atoms with Crippen LogP contribution in [0.1, 0.15) is 29.3 Å². The average Bonchev–Trinajstić information content (AvgIpc) is 3.46. The second-order valence-corrected chi connectivity index (χ2v) is 9.14. The standard InChI is InChI=1S/C27H27N3O4S/c1-15-6-8-18(9-7-15)22-13-34-26-17(3)25(33-5)20(12-21(22)26)16(2)10-24(32)30-27-29-19(14-35-27)11-23(31)28-4/h6-10,12-14H,11H2,1-5H3,(H,28,31)(H,29,30,32)/b16-10+. The largest absolute Gasteiger partial charge is 0.496 e. The van der Waals surface area contributed by atoms with E-state index in [-0.39, 0.29) is 18.2 Å². The van der Waals surface area contributed by atoms with Gasteiger partial charge in [0.15, 0.2) is 5.13 Å². The number of likely N-dealkylation sites (N-methyl/N-ethyl adjacent to an activating group) is 1. The molecular weight excluding hydrogens is 462 g/mol. The Labute approximate surface area is 207 Å². The summed E-state index contributed by atoms with van der Waals surface area (Å²) in [7, 11) is 3.18. The molecule has 0 aliphatic heterocycles. The number of thiazole rings is 1. The van der Waals surface area contributed by atoms with Crippen molar-refractivity contribution in [1.29, 1.82) is 0 Å². The third-order valence-electron chi connectivity index (χ3n) is 5.79. The van der Waals surface area contributed by atoms with Gasteiger partial charge in [-0.25, -0.2) is 4.98 Å². The van der Waals surface area contributed by atoms with Gasteiger partial charge in [0.2, 0.25) is 11.8 Å². The number of nitrogens with zero attached hydrogens (tertiary/aromatic N) is 1. The molecule has 0 bridgehead atoms. The number of furan rings is 1. The topological polar surface area (TPSA) is 93.5 Å². The molecule has 2 N–H and O–H groups in total. The number of anilines is 1. The first-order valence-corrected chi connectivity index (χ1v) is 12.0. The Balaban J connectivity index is 1.66. The third-order valence-corrected chi connectivity index (χ3v) is 6.59. The van der Waals surface area contributed by atoms with Gasteiger partial charge in [0.05, 0.1) is 25.5 Å². The normalized spacial score (nSPS) is 11.5. The summed E-state index contributed by atoms with van der Waals surface area (Å²) >= 11 is 1.28. The number of aryl methyl sites for hydroxylation is 2. The predicted octanol–water partition coefficient (Wildman–Crippen LogP) is 5.51. The van der Waals surface area contributed by atoms with Crippen molar-refractivity contribution in [2.75, 3.05) is 19.5 Å². The lowest BCUT2D eigenvalue weighted by Gasteiger charge is -2.13. The van der Waals surface area contributed by atoms with E-state index in [4.69, 9.17) is 9.15 Å². The lowest BCUT2D eigenvalue weighted by molar-refractivity contribution is -0.120. The van der Waals surface area contributed by atoms with Crippen LogP contribution in [0.15, 0.2) is 52.5 Å². The van der Waals surface area contributed by atoms with E-state index in [0.29, 0.717) is 16.6 Å². The summed E-state index contributed by atoms with van der Waals surface area (Å²) < 4.78 is 11.6. The molecule has 0 aliphatic carbocycles. The molecule has 0 spiro atoms. The van der Waals surface area contributed by atoms with Crippen LogP contribution < -0.4 is 15.4 Å². The highest BCUT2D eigenvalue weighted by Gasteiger charge is 2.19. The monoisotopic (exact) mass is 489 g/mol. The maximum atomic E-state index is 12.7. The number of amides is 2. The van der Waals surface area contributed by atoms with Gasteiger partial charge in [-0.2, -0.15) is 0 Å². The van der Waals surface area contributed by atoms with E-state index in [2.05, 4.69) is 46.8 Å². The highest BCUT2D eigenvalue weighted by atomic mass is 32.1. The number of rotatable bonds is 7. The fraction of sp³-hybridized carbons (Fsp3) is 0.222. The Bertz CT molecular complexity index is 1430. The van der Waals surface area contributed by atoms with Crippen LogP contribution >= 0.6 is 11.3 Å². The highest BCUT2D eigenvalue weighted by molar-refractivity contribution is 7.14. The molecule has 0 saturated heterocycles. The molecule has 0 unspecified atom stereocenters. The maximum absolute atomic E-state index is 12.7. The number of benzene rings is 2. The Kier molecular flexibility index (Phi) is 7.02. The minimum atomic E-state index is -0.311. The molecule has 2 aromatic heterocycles. The average molecular weight is 490 g/mol. The van der Waals surface area contributed by atoms with Crippen LogP contribution in [0.2, 0.25) is 0 Å². The van der Waals surface area contributed by atoms with E-state index < -0.39 is 0 Å². The van der Waals surface area contributed by atoms with E-state index in [1.165, 1.54) is 23.0 Å². The van der Waals surface area contributed by atoms with Crippen molar-refractivity contribution in [1.82, 2.24) is 10.3 Å². The van der Waals surface area contributed by atoms with Gasteiger partial charge in [-0.15, -0.1) is 11.3 Å². The number of allylic oxidation sites excluding steroid dienone is 1. The van der Waals surface area contributed by atoms with E-state index in [1.54, 1.807) is 25.8 Å². The first-order chi connectivity index (χ1) is 16.8. The van der Waals surface area contributed by atoms with Crippen LogP contribution in [0.25, 0.3) is 27.7 Å². The molecule has 0 aliphatic rings. The quantitative estimate of drug-likeness (QED) is 0.334. The molecule has 0 radical (unpaired) electrons. The molecule has 4 aromatic rings. The molecule has 2 aromatic carbocycles. The third kappa shape index (κ3) is 5.12. The van der Waals surface area contributed by atoms with Gasteiger partial charge in [-0.1, -0.05) is 29.8 Å². The summed E-state index contributed by atoms with van der Waals surface area (Å²) in [5.41, 5.74) is 7.00. The Morgan fingerprint density at radius 2 is 1.94 bits per heavy atom. The van der Waals surface area contributed by atoms with Crippen molar-refractivity contribution in [3.63, 3.8) is 0 Å². The first kappa shape index (κ1) is 24.2. The van der Waals surface area contributed by atoms with Crippen molar-refractivity contribution in [2.45, 2.75) is 27.2 Å². The van der Waals surface area contributed by atoms with Gasteiger partial charge < -0.3 is 14.5 Å². The molecule has 0 saturated carbocycles. The van der Waals surface area contributed by atoms with Crippen molar-refractivity contribution in [3.05, 3.63) is 70.4 Å². The van der Waals surface area contributed by atoms with Crippen LogP contribution in [0.5, 0.6) is 5.75 Å². The Hall–Kier alpha value is -3.91. The van der Waals surface area contributed by atoms with E-state index >= 15 is 0 Å². The lowest BCUT2D eigenvalue weighted by Crippen LogP contribution is -2.20. The fourth-order valence-corrected chi connectivity index (χ4v) is 4.66. The number of fused-ring (bicyclic) bond motifs is 1. The van der Waals surface area contributed by atoms with Crippen molar-refractivity contribution >= 4 is 44.8 Å².